The van der Waals surface area contributed by atoms with Gasteiger partial charge in [-0.25, -0.2) is 0 Å². The van der Waals surface area contributed by atoms with E-state index in [9.17, 15) is 0 Å². The van der Waals surface area contributed by atoms with Crippen LogP contribution in [0.2, 0.25) is 0 Å². The van der Waals surface area contributed by atoms with E-state index < -0.39 is 0 Å². The standard InChI is InChI=1S/C27H20O/c1-17-11-13-25-23(15-17)27(24-16-18(2)12-14-26(24)28-25)21-9-5-3-7-19(21)20-8-4-6-10-22(20)27/h3-16H,1-2H3. The van der Waals surface area contributed by atoms with E-state index in [0.717, 1.165) is 11.5 Å². The highest BCUT2D eigenvalue weighted by atomic mass is 16.5. The Morgan fingerprint density at radius 2 is 1.00 bits per heavy atom. The molecule has 0 fully saturated rings. The van der Waals surface area contributed by atoms with Gasteiger partial charge >= 0.3 is 0 Å². The van der Waals surface area contributed by atoms with Crippen molar-refractivity contribution >= 4 is 0 Å². The second-order valence-corrected chi connectivity index (χ2v) is 7.94. The molecule has 0 amide bonds. The molecular weight excluding hydrogens is 340 g/mol. The van der Waals surface area contributed by atoms with Crippen LogP contribution < -0.4 is 4.74 Å². The fourth-order valence-corrected chi connectivity index (χ4v) is 5.13. The molecule has 1 aliphatic carbocycles. The topological polar surface area (TPSA) is 9.23 Å². The van der Waals surface area contributed by atoms with Gasteiger partial charge in [-0.2, -0.15) is 0 Å². The van der Waals surface area contributed by atoms with Crippen LogP contribution in [-0.2, 0) is 5.41 Å². The molecule has 0 aromatic heterocycles. The van der Waals surface area contributed by atoms with Gasteiger partial charge in [0.1, 0.15) is 11.5 Å². The molecule has 1 spiro atoms. The first kappa shape index (κ1) is 15.7. The van der Waals surface area contributed by atoms with E-state index in [1.807, 2.05) is 0 Å². The van der Waals surface area contributed by atoms with Gasteiger partial charge in [0, 0.05) is 11.1 Å². The van der Waals surface area contributed by atoms with E-state index in [1.165, 1.54) is 44.5 Å². The van der Waals surface area contributed by atoms with Gasteiger partial charge in [0.05, 0.1) is 5.41 Å². The van der Waals surface area contributed by atoms with E-state index in [2.05, 4.69) is 98.8 Å². The van der Waals surface area contributed by atoms with Crippen LogP contribution in [0.15, 0.2) is 84.9 Å². The number of rotatable bonds is 0. The van der Waals surface area contributed by atoms with E-state index in [-0.39, 0.29) is 5.41 Å². The van der Waals surface area contributed by atoms with E-state index in [4.69, 9.17) is 4.74 Å². The third-order valence-electron chi connectivity index (χ3n) is 6.25. The first-order valence-electron chi connectivity index (χ1n) is 9.79. The molecule has 0 atom stereocenters. The van der Waals surface area contributed by atoms with Crippen molar-refractivity contribution in [2.45, 2.75) is 19.3 Å². The number of ether oxygens (including phenoxy) is 1. The zero-order valence-electron chi connectivity index (χ0n) is 16.0. The van der Waals surface area contributed by atoms with Crippen molar-refractivity contribution in [3.63, 3.8) is 0 Å². The molecule has 0 saturated heterocycles. The van der Waals surface area contributed by atoms with Gasteiger partial charge in [-0.05, 0) is 48.2 Å². The van der Waals surface area contributed by atoms with Crippen LogP contribution in [0.25, 0.3) is 11.1 Å². The summed E-state index contributed by atoms with van der Waals surface area (Å²) in [4.78, 5) is 0. The molecular formula is C27H20O. The molecule has 28 heavy (non-hydrogen) atoms. The summed E-state index contributed by atoms with van der Waals surface area (Å²) in [5.41, 5.74) is 9.97. The normalized spacial score (nSPS) is 14.6. The minimum atomic E-state index is -0.339. The number of fused-ring (bicyclic) bond motifs is 9. The van der Waals surface area contributed by atoms with Gasteiger partial charge in [-0.15, -0.1) is 0 Å². The first-order valence-corrected chi connectivity index (χ1v) is 9.79. The molecule has 0 bridgehead atoms. The van der Waals surface area contributed by atoms with Gasteiger partial charge in [0.2, 0.25) is 0 Å². The lowest BCUT2D eigenvalue weighted by molar-refractivity contribution is 0.436. The van der Waals surface area contributed by atoms with Crippen LogP contribution in [0.3, 0.4) is 0 Å². The zero-order chi connectivity index (χ0) is 18.9. The molecule has 0 radical (unpaired) electrons. The summed E-state index contributed by atoms with van der Waals surface area (Å²) in [6.07, 6.45) is 0. The quantitative estimate of drug-likeness (QED) is 0.290. The average molecular weight is 360 g/mol. The molecule has 4 aromatic rings. The molecule has 6 rings (SSSR count). The smallest absolute Gasteiger partial charge is 0.132 e. The predicted molar refractivity (Wildman–Crippen MR) is 113 cm³/mol. The fraction of sp³-hybridized carbons (Fsp3) is 0.111. The Labute approximate surface area is 165 Å². The second-order valence-electron chi connectivity index (χ2n) is 7.94. The summed E-state index contributed by atoms with van der Waals surface area (Å²) in [6, 6.07) is 30.8. The SMILES string of the molecule is Cc1ccc2c(c1)C1(c3cc(C)ccc3O2)c2ccccc2-c2ccccc21. The Bertz CT molecular complexity index is 1170. The summed E-state index contributed by atoms with van der Waals surface area (Å²) in [5.74, 6) is 1.90. The van der Waals surface area contributed by atoms with Crippen LogP contribution in [-0.4, -0.2) is 0 Å². The van der Waals surface area contributed by atoms with Gasteiger partial charge < -0.3 is 4.74 Å². The number of aryl methyl sites for hydroxylation is 2. The largest absolute Gasteiger partial charge is 0.457 e. The highest BCUT2D eigenvalue weighted by Crippen LogP contribution is 2.62. The third kappa shape index (κ3) is 1.81. The molecule has 4 aromatic carbocycles. The van der Waals surface area contributed by atoms with Crippen LogP contribution in [0, 0.1) is 13.8 Å². The minimum Gasteiger partial charge on any atom is -0.457 e. The molecule has 0 unspecified atom stereocenters. The van der Waals surface area contributed by atoms with Gasteiger partial charge in [-0.1, -0.05) is 83.9 Å². The van der Waals surface area contributed by atoms with Crippen molar-refractivity contribution in [3.05, 3.63) is 118 Å². The maximum Gasteiger partial charge on any atom is 0.132 e. The molecule has 1 aliphatic heterocycles. The van der Waals surface area contributed by atoms with E-state index in [0.29, 0.717) is 0 Å². The molecule has 1 heterocycles. The summed E-state index contributed by atoms with van der Waals surface area (Å²) in [5, 5.41) is 0. The van der Waals surface area contributed by atoms with Gasteiger partial charge in [0.25, 0.3) is 0 Å². The van der Waals surface area contributed by atoms with Crippen molar-refractivity contribution in [1.29, 1.82) is 0 Å². The Hall–Kier alpha value is -3.32. The van der Waals surface area contributed by atoms with Crippen LogP contribution in [0.4, 0.5) is 0 Å². The summed E-state index contributed by atoms with van der Waals surface area (Å²) in [7, 11) is 0. The second kappa shape index (κ2) is 5.36. The average Bonchev–Trinajstić information content (AvgIpc) is 3.01. The minimum absolute atomic E-state index is 0.339. The lowest BCUT2D eigenvalue weighted by Crippen LogP contribution is -2.32. The van der Waals surface area contributed by atoms with Gasteiger partial charge in [0.15, 0.2) is 0 Å². The molecule has 2 aliphatic rings. The highest BCUT2D eigenvalue weighted by Gasteiger charge is 2.50. The first-order chi connectivity index (χ1) is 13.7. The summed E-state index contributed by atoms with van der Waals surface area (Å²) in [6.45, 7) is 4.32. The fourth-order valence-electron chi connectivity index (χ4n) is 5.13. The lowest BCUT2D eigenvalue weighted by atomic mass is 9.65. The third-order valence-corrected chi connectivity index (χ3v) is 6.25. The molecule has 1 heteroatoms. The van der Waals surface area contributed by atoms with Crippen LogP contribution in [0.5, 0.6) is 11.5 Å². The Morgan fingerprint density at radius 1 is 0.536 bits per heavy atom. The lowest BCUT2D eigenvalue weighted by Gasteiger charge is -2.39. The van der Waals surface area contributed by atoms with Crippen molar-refractivity contribution in [2.24, 2.45) is 0 Å². The van der Waals surface area contributed by atoms with E-state index in [1.54, 1.807) is 0 Å². The molecule has 0 N–H and O–H groups in total. The monoisotopic (exact) mass is 360 g/mol. The molecule has 134 valence electrons. The molecule has 1 nitrogen and oxygen atoms in total. The molecule has 0 saturated carbocycles. The Morgan fingerprint density at radius 3 is 1.50 bits per heavy atom. The van der Waals surface area contributed by atoms with Crippen molar-refractivity contribution in [2.75, 3.05) is 0 Å². The number of benzene rings is 4. The zero-order valence-corrected chi connectivity index (χ0v) is 16.0. The van der Waals surface area contributed by atoms with Crippen LogP contribution >= 0.6 is 0 Å². The van der Waals surface area contributed by atoms with Crippen molar-refractivity contribution < 1.29 is 4.74 Å². The van der Waals surface area contributed by atoms with Crippen molar-refractivity contribution in [1.82, 2.24) is 0 Å². The maximum atomic E-state index is 6.40. The van der Waals surface area contributed by atoms with Gasteiger partial charge in [-0.3, -0.25) is 0 Å². The maximum absolute atomic E-state index is 6.40. The Kier molecular flexibility index (Phi) is 3.01. The predicted octanol–water partition coefficient (Wildman–Crippen LogP) is 6.77. The summed E-state index contributed by atoms with van der Waals surface area (Å²) >= 11 is 0. The Balaban J connectivity index is 1.86. The number of hydrogen-bond acceptors (Lipinski definition) is 1. The van der Waals surface area contributed by atoms with E-state index >= 15 is 0 Å². The van der Waals surface area contributed by atoms with Crippen molar-refractivity contribution in [3.8, 4) is 22.6 Å². The highest BCUT2D eigenvalue weighted by molar-refractivity contribution is 5.88. The summed E-state index contributed by atoms with van der Waals surface area (Å²) < 4.78 is 6.40. The number of hydrogen-bond donors (Lipinski definition) is 0. The van der Waals surface area contributed by atoms with Crippen LogP contribution in [0.1, 0.15) is 33.4 Å².